The molecule has 2 aliphatic rings. The van der Waals surface area contributed by atoms with Crippen LogP contribution in [0, 0.1) is 3.57 Å². The lowest BCUT2D eigenvalue weighted by atomic mass is 10.1. The first kappa shape index (κ1) is 38.3. The Balaban J connectivity index is 0.834. The molecule has 1 aliphatic carbocycles. The van der Waals surface area contributed by atoms with Crippen molar-refractivity contribution in [1.82, 2.24) is 4.90 Å². The molecule has 0 aromatic heterocycles. The van der Waals surface area contributed by atoms with Crippen LogP contribution in [0.2, 0.25) is 0 Å². The summed E-state index contributed by atoms with van der Waals surface area (Å²) in [5.41, 5.74) is 6.43. The second-order valence-electron chi connectivity index (χ2n) is 13.6. The average molecular weight is 857 g/mol. The van der Waals surface area contributed by atoms with Gasteiger partial charge in [-0.3, -0.25) is 9.59 Å². The highest BCUT2D eigenvalue weighted by molar-refractivity contribution is 14.1. The maximum Gasteiger partial charge on any atom is 0.338 e. The van der Waals surface area contributed by atoms with Crippen molar-refractivity contribution in [3.05, 3.63) is 189 Å². The normalized spacial score (nSPS) is 14.2. The van der Waals surface area contributed by atoms with Crippen molar-refractivity contribution in [2.45, 2.75) is 38.6 Å². The van der Waals surface area contributed by atoms with Crippen molar-refractivity contribution in [3.63, 3.8) is 0 Å². The van der Waals surface area contributed by atoms with Gasteiger partial charge in [-0.2, -0.15) is 0 Å². The van der Waals surface area contributed by atoms with Crippen LogP contribution >= 0.6 is 22.6 Å². The third-order valence-electron chi connectivity index (χ3n) is 9.60. The van der Waals surface area contributed by atoms with Crippen molar-refractivity contribution in [1.29, 1.82) is 0 Å². The maximum absolute atomic E-state index is 13.2. The molecule has 5 aromatic carbocycles. The molecule has 2 amide bonds. The van der Waals surface area contributed by atoms with Crippen LogP contribution in [0.5, 0.6) is 11.5 Å². The molecule has 0 atom stereocenters. The number of anilines is 1. The van der Waals surface area contributed by atoms with Crippen LogP contribution in [0.4, 0.5) is 5.69 Å². The average Bonchev–Trinajstić information content (AvgIpc) is 3.50. The Bertz CT molecular complexity index is 2240. The molecule has 7 rings (SSSR count). The molecule has 0 spiro atoms. The number of carbonyl (C=O) groups is 3. The molecule has 1 aliphatic heterocycles. The molecule has 56 heavy (non-hydrogen) atoms. The number of amides is 2. The Morgan fingerprint density at radius 1 is 0.714 bits per heavy atom. The minimum absolute atomic E-state index is 0.0115. The fourth-order valence-corrected chi connectivity index (χ4v) is 6.99. The number of halogens is 1. The number of esters is 1. The van der Waals surface area contributed by atoms with E-state index < -0.39 is 5.97 Å². The predicted octanol–water partition coefficient (Wildman–Crippen LogP) is 9.82. The molecule has 0 radical (unpaired) electrons. The fraction of sp³-hybridized carbons (Fsp3) is 0.170. The van der Waals surface area contributed by atoms with E-state index in [0.717, 1.165) is 55.9 Å². The molecule has 1 fully saturated rings. The molecule has 0 bridgehead atoms. The summed E-state index contributed by atoms with van der Waals surface area (Å²) < 4.78 is 18.8. The molecular weight excluding hydrogens is 815 g/mol. The van der Waals surface area contributed by atoms with E-state index in [2.05, 4.69) is 27.9 Å². The van der Waals surface area contributed by atoms with Gasteiger partial charge >= 0.3 is 5.97 Å². The van der Waals surface area contributed by atoms with E-state index in [9.17, 15) is 14.4 Å². The monoisotopic (exact) mass is 856 g/mol. The van der Waals surface area contributed by atoms with Gasteiger partial charge in [-0.1, -0.05) is 85.0 Å². The van der Waals surface area contributed by atoms with Crippen LogP contribution in [-0.2, 0) is 22.7 Å². The summed E-state index contributed by atoms with van der Waals surface area (Å²) in [6.45, 7) is 1.79. The Kier molecular flexibility index (Phi) is 12.7. The highest BCUT2D eigenvalue weighted by Crippen LogP contribution is 2.26. The number of piperidine rings is 1. The number of rotatable bonds is 12. The lowest BCUT2D eigenvalue weighted by Gasteiger charge is -2.32. The number of carbonyl (C=O) groups excluding carboxylic acids is 3. The molecule has 1 heterocycles. The summed E-state index contributed by atoms with van der Waals surface area (Å²) in [6.07, 6.45) is 9.93. The lowest BCUT2D eigenvalue weighted by molar-refractivity contribution is -0.112. The largest absolute Gasteiger partial charge is 0.490 e. The number of nitrogens with zero attached hydrogens (tertiary/aromatic N) is 1. The molecule has 1 N–H and O–H groups in total. The summed E-state index contributed by atoms with van der Waals surface area (Å²) in [5.74, 6) is 0.963. The topological polar surface area (TPSA) is 94.2 Å². The van der Waals surface area contributed by atoms with E-state index in [-0.39, 0.29) is 24.5 Å². The minimum atomic E-state index is -0.421. The quantitative estimate of drug-likeness (QED) is 0.0993. The number of nitrogens with one attached hydrogen (secondary N) is 1. The number of allylic oxidation sites excluding steroid dienone is 5. The summed E-state index contributed by atoms with van der Waals surface area (Å²) in [7, 11) is 0. The number of likely N-dealkylation sites (tertiary alicyclic amines) is 1. The Morgan fingerprint density at radius 2 is 1.41 bits per heavy atom. The third kappa shape index (κ3) is 10.4. The molecule has 1 saturated heterocycles. The predicted molar refractivity (Wildman–Crippen MR) is 226 cm³/mol. The SMILES string of the molecule is O=C(Nc1cccc(I)c1)C1=CC=C(c2ccc(OCc3ccc(OC4CCN(C(=O)c5ccc(C(=O)OCc6ccccc6)cc5)CC4)cc3)cc2)C=CC1. The van der Waals surface area contributed by atoms with E-state index in [0.29, 0.717) is 42.8 Å². The van der Waals surface area contributed by atoms with Crippen LogP contribution in [0.15, 0.2) is 157 Å². The van der Waals surface area contributed by atoms with Gasteiger partial charge in [0.15, 0.2) is 0 Å². The van der Waals surface area contributed by atoms with Gasteiger partial charge in [0, 0.05) is 46.3 Å². The summed E-state index contributed by atoms with van der Waals surface area (Å²) in [4.78, 5) is 40.3. The highest BCUT2D eigenvalue weighted by Gasteiger charge is 2.25. The van der Waals surface area contributed by atoms with Gasteiger partial charge in [-0.15, -0.1) is 0 Å². The highest BCUT2D eigenvalue weighted by atomic mass is 127. The van der Waals surface area contributed by atoms with Gasteiger partial charge in [0.25, 0.3) is 11.8 Å². The number of hydrogen-bond acceptors (Lipinski definition) is 6. The van der Waals surface area contributed by atoms with Crippen molar-refractivity contribution in [2.24, 2.45) is 0 Å². The molecule has 5 aromatic rings. The Hall–Kier alpha value is -5.94. The molecule has 0 unspecified atom stereocenters. The first-order valence-corrected chi connectivity index (χ1v) is 19.7. The van der Waals surface area contributed by atoms with Gasteiger partial charge < -0.3 is 24.4 Å². The van der Waals surface area contributed by atoms with E-state index in [4.69, 9.17) is 14.2 Å². The first-order chi connectivity index (χ1) is 27.4. The van der Waals surface area contributed by atoms with Gasteiger partial charge in [0.05, 0.1) is 5.56 Å². The van der Waals surface area contributed by atoms with Gasteiger partial charge in [0.1, 0.15) is 30.8 Å². The summed E-state index contributed by atoms with van der Waals surface area (Å²) >= 11 is 2.23. The zero-order chi connectivity index (χ0) is 38.7. The number of ether oxygens (including phenoxy) is 3. The van der Waals surface area contributed by atoms with Crippen molar-refractivity contribution >= 4 is 51.6 Å². The minimum Gasteiger partial charge on any atom is -0.490 e. The molecule has 9 heteroatoms. The fourth-order valence-electron chi connectivity index (χ4n) is 6.45. The molecule has 8 nitrogen and oxygen atoms in total. The lowest BCUT2D eigenvalue weighted by Crippen LogP contribution is -2.41. The van der Waals surface area contributed by atoms with E-state index in [1.807, 2.05) is 132 Å². The van der Waals surface area contributed by atoms with E-state index in [1.54, 1.807) is 24.3 Å². The van der Waals surface area contributed by atoms with Gasteiger partial charge in [0.2, 0.25) is 0 Å². The standard InChI is InChI=1S/C47H41IN2O6/c48-40-10-5-11-41(30-40)49-45(51)37-9-4-8-35(14-15-37)36-20-24-42(25-21-36)54-31-34-12-22-43(23-13-34)56-44-26-28-50(29-27-44)46(52)38-16-18-39(19-17-38)47(53)55-32-33-6-2-1-3-7-33/h1-8,10-25,30,44H,9,26-29,31-32H2,(H,49,51). The van der Waals surface area contributed by atoms with Gasteiger partial charge in [-0.25, -0.2) is 4.79 Å². The van der Waals surface area contributed by atoms with Crippen molar-refractivity contribution in [2.75, 3.05) is 18.4 Å². The zero-order valence-corrected chi connectivity index (χ0v) is 32.9. The number of hydrogen-bond donors (Lipinski definition) is 1. The van der Waals surface area contributed by atoms with Crippen molar-refractivity contribution in [3.8, 4) is 11.5 Å². The zero-order valence-electron chi connectivity index (χ0n) is 30.7. The third-order valence-corrected chi connectivity index (χ3v) is 10.3. The van der Waals surface area contributed by atoms with E-state index >= 15 is 0 Å². The smallest absolute Gasteiger partial charge is 0.338 e. The van der Waals surface area contributed by atoms with E-state index in [1.165, 1.54) is 0 Å². The second-order valence-corrected chi connectivity index (χ2v) is 14.8. The molecule has 0 saturated carbocycles. The van der Waals surface area contributed by atoms with Gasteiger partial charge in [-0.05, 0) is 118 Å². The van der Waals surface area contributed by atoms with Crippen molar-refractivity contribution < 1.29 is 28.6 Å². The second kappa shape index (κ2) is 18.6. The van der Waals surface area contributed by atoms with Crippen LogP contribution < -0.4 is 14.8 Å². The molecular formula is C47H41IN2O6. The van der Waals surface area contributed by atoms with Crippen LogP contribution in [-0.4, -0.2) is 41.9 Å². The Morgan fingerprint density at radius 3 is 2.14 bits per heavy atom. The maximum atomic E-state index is 13.2. The Labute approximate surface area is 340 Å². The van der Waals surface area contributed by atoms with Crippen LogP contribution in [0.3, 0.4) is 0 Å². The summed E-state index contributed by atoms with van der Waals surface area (Å²) in [6, 6.07) is 39.8. The number of benzene rings is 5. The molecule has 282 valence electrons. The van der Waals surface area contributed by atoms with Crippen LogP contribution in [0.25, 0.3) is 5.57 Å². The van der Waals surface area contributed by atoms with Crippen LogP contribution in [0.1, 0.15) is 56.7 Å². The summed E-state index contributed by atoms with van der Waals surface area (Å²) in [5, 5.41) is 2.99. The first-order valence-electron chi connectivity index (χ1n) is 18.6.